The minimum atomic E-state index is -0.488. The largest absolute Gasteiger partial charge is 0.271 e. The van der Waals surface area contributed by atoms with Gasteiger partial charge in [0.2, 0.25) is 5.29 Å². The van der Waals surface area contributed by atoms with Gasteiger partial charge in [-0.05, 0) is 29.8 Å². The van der Waals surface area contributed by atoms with E-state index in [-0.39, 0.29) is 11.0 Å². The van der Waals surface area contributed by atoms with Gasteiger partial charge in [0, 0.05) is 12.1 Å². The Labute approximate surface area is 123 Å². The van der Waals surface area contributed by atoms with Crippen LogP contribution in [0, 0.1) is 10.1 Å². The lowest BCUT2D eigenvalue weighted by molar-refractivity contribution is -0.384. The number of fused-ring (bicyclic) bond motifs is 1. The van der Waals surface area contributed by atoms with Crippen LogP contribution >= 0.6 is 11.6 Å². The highest BCUT2D eigenvalue weighted by molar-refractivity contribution is 6.65. The van der Waals surface area contributed by atoms with Gasteiger partial charge in [-0.2, -0.15) is 4.68 Å². The van der Waals surface area contributed by atoms with Crippen molar-refractivity contribution in [2.75, 3.05) is 0 Å². The van der Waals surface area contributed by atoms with Gasteiger partial charge in [0.05, 0.1) is 16.1 Å². The first-order valence-corrected chi connectivity index (χ1v) is 6.32. The minimum absolute atomic E-state index is 0.0517. The Morgan fingerprint density at radius 1 is 1.24 bits per heavy atom. The van der Waals surface area contributed by atoms with E-state index in [1.807, 2.05) is 12.1 Å². The molecule has 1 aromatic heterocycles. The van der Waals surface area contributed by atoms with Crippen LogP contribution in [0.1, 0.15) is 0 Å². The number of non-ortho nitro benzene ring substituents is 1. The molecule has 0 fully saturated rings. The normalized spacial score (nSPS) is 11.8. The van der Waals surface area contributed by atoms with Crippen molar-refractivity contribution in [2.24, 2.45) is 4.99 Å². The molecule has 0 unspecified atom stereocenters. The van der Waals surface area contributed by atoms with E-state index in [1.165, 1.54) is 16.8 Å². The van der Waals surface area contributed by atoms with Gasteiger partial charge >= 0.3 is 0 Å². The second kappa shape index (κ2) is 5.29. The standard InChI is InChI=1S/C13H8ClN5O2/c14-13(15-9-4-3-5-10(8-9)19(20)21)18-12-7-2-1-6-11(12)16-17-18/h1-8H. The first-order chi connectivity index (χ1) is 10.1. The Morgan fingerprint density at radius 2 is 2.05 bits per heavy atom. The van der Waals surface area contributed by atoms with E-state index in [0.717, 1.165) is 0 Å². The van der Waals surface area contributed by atoms with E-state index in [0.29, 0.717) is 16.7 Å². The summed E-state index contributed by atoms with van der Waals surface area (Å²) in [5, 5.41) is 18.7. The predicted octanol–water partition coefficient (Wildman–Crippen LogP) is 3.11. The Morgan fingerprint density at radius 3 is 2.86 bits per heavy atom. The molecule has 0 atom stereocenters. The fraction of sp³-hybridized carbons (Fsp3) is 0. The lowest BCUT2D eigenvalue weighted by Crippen LogP contribution is -2.06. The van der Waals surface area contributed by atoms with Crippen LogP contribution in [0.25, 0.3) is 11.0 Å². The second-order valence-electron chi connectivity index (χ2n) is 4.15. The van der Waals surface area contributed by atoms with Crippen LogP contribution in [0.5, 0.6) is 0 Å². The molecule has 104 valence electrons. The molecule has 0 aliphatic rings. The van der Waals surface area contributed by atoms with Crippen LogP contribution < -0.4 is 0 Å². The summed E-state index contributed by atoms with van der Waals surface area (Å²) in [6, 6.07) is 13.2. The third-order valence-corrected chi connectivity index (χ3v) is 3.03. The molecular formula is C13H8ClN5O2. The summed E-state index contributed by atoms with van der Waals surface area (Å²) >= 11 is 6.13. The summed E-state index contributed by atoms with van der Waals surface area (Å²) in [7, 11) is 0. The number of nitrogens with zero attached hydrogens (tertiary/aromatic N) is 5. The van der Waals surface area contributed by atoms with E-state index in [4.69, 9.17) is 11.6 Å². The van der Waals surface area contributed by atoms with Gasteiger partial charge in [0.25, 0.3) is 5.69 Å². The van der Waals surface area contributed by atoms with Crippen molar-refractivity contribution < 1.29 is 4.92 Å². The number of aromatic nitrogens is 3. The molecule has 0 aliphatic heterocycles. The molecule has 0 spiro atoms. The predicted molar refractivity (Wildman–Crippen MR) is 79.0 cm³/mol. The van der Waals surface area contributed by atoms with E-state index in [2.05, 4.69) is 15.3 Å². The molecular weight excluding hydrogens is 294 g/mol. The topological polar surface area (TPSA) is 86.2 Å². The van der Waals surface area contributed by atoms with Gasteiger partial charge in [-0.1, -0.05) is 23.4 Å². The molecule has 0 amide bonds. The van der Waals surface area contributed by atoms with Crippen molar-refractivity contribution in [2.45, 2.75) is 0 Å². The fourth-order valence-electron chi connectivity index (χ4n) is 1.84. The van der Waals surface area contributed by atoms with E-state index < -0.39 is 4.92 Å². The molecule has 21 heavy (non-hydrogen) atoms. The maximum atomic E-state index is 10.7. The molecule has 3 rings (SSSR count). The number of hydrogen-bond donors (Lipinski definition) is 0. The van der Waals surface area contributed by atoms with Crippen molar-refractivity contribution >= 4 is 39.3 Å². The number of nitro groups is 1. The third-order valence-electron chi connectivity index (χ3n) is 2.79. The SMILES string of the molecule is O=[N+]([O-])c1cccc(N=C(Cl)n2nnc3ccccc32)c1. The number of rotatable bonds is 2. The summed E-state index contributed by atoms with van der Waals surface area (Å²) in [4.78, 5) is 14.4. The zero-order chi connectivity index (χ0) is 14.8. The van der Waals surface area contributed by atoms with Crippen LogP contribution in [-0.2, 0) is 0 Å². The van der Waals surface area contributed by atoms with Gasteiger partial charge in [0.1, 0.15) is 5.52 Å². The molecule has 0 N–H and O–H groups in total. The summed E-state index contributed by atoms with van der Waals surface area (Å²) < 4.78 is 1.37. The van der Waals surface area contributed by atoms with E-state index >= 15 is 0 Å². The average Bonchev–Trinajstić information content (AvgIpc) is 2.91. The summed E-state index contributed by atoms with van der Waals surface area (Å²) in [6.45, 7) is 0. The van der Waals surface area contributed by atoms with Crippen LogP contribution in [0.2, 0.25) is 0 Å². The van der Waals surface area contributed by atoms with Crippen LogP contribution in [0.15, 0.2) is 53.5 Å². The van der Waals surface area contributed by atoms with Crippen molar-refractivity contribution in [1.29, 1.82) is 0 Å². The molecule has 7 nitrogen and oxygen atoms in total. The Balaban J connectivity index is 2.03. The summed E-state index contributed by atoms with van der Waals surface area (Å²) in [6.07, 6.45) is 0. The van der Waals surface area contributed by atoms with Gasteiger partial charge in [-0.25, -0.2) is 4.99 Å². The number of para-hydroxylation sites is 1. The van der Waals surface area contributed by atoms with E-state index in [1.54, 1.807) is 24.3 Å². The molecule has 3 aromatic rings. The van der Waals surface area contributed by atoms with Gasteiger partial charge in [-0.3, -0.25) is 10.1 Å². The smallest absolute Gasteiger partial charge is 0.258 e. The number of nitro benzene ring substituents is 1. The molecule has 2 aromatic carbocycles. The van der Waals surface area contributed by atoms with Crippen LogP contribution in [-0.4, -0.2) is 25.2 Å². The van der Waals surface area contributed by atoms with Gasteiger partial charge in [0.15, 0.2) is 0 Å². The zero-order valence-corrected chi connectivity index (χ0v) is 11.3. The van der Waals surface area contributed by atoms with E-state index in [9.17, 15) is 10.1 Å². The highest BCUT2D eigenvalue weighted by atomic mass is 35.5. The monoisotopic (exact) mass is 301 g/mol. The Hall–Kier alpha value is -2.80. The first kappa shape index (κ1) is 13.2. The molecule has 8 heteroatoms. The van der Waals surface area contributed by atoms with Crippen LogP contribution in [0.3, 0.4) is 0 Å². The number of hydrogen-bond acceptors (Lipinski definition) is 5. The zero-order valence-electron chi connectivity index (χ0n) is 10.5. The molecule has 0 aliphatic carbocycles. The third kappa shape index (κ3) is 2.59. The van der Waals surface area contributed by atoms with Gasteiger partial charge < -0.3 is 0 Å². The molecule has 1 heterocycles. The highest BCUT2D eigenvalue weighted by Gasteiger charge is 2.09. The Kier molecular flexibility index (Phi) is 3.33. The first-order valence-electron chi connectivity index (χ1n) is 5.94. The summed E-state index contributed by atoms with van der Waals surface area (Å²) in [5.41, 5.74) is 1.71. The lowest BCUT2D eigenvalue weighted by atomic mass is 10.3. The maximum Gasteiger partial charge on any atom is 0.271 e. The highest BCUT2D eigenvalue weighted by Crippen LogP contribution is 2.21. The van der Waals surface area contributed by atoms with Crippen molar-refractivity contribution in [3.05, 3.63) is 58.6 Å². The molecule has 0 radical (unpaired) electrons. The lowest BCUT2D eigenvalue weighted by Gasteiger charge is -1.99. The number of benzene rings is 2. The summed E-state index contributed by atoms with van der Waals surface area (Å²) in [5.74, 6) is 0. The average molecular weight is 302 g/mol. The molecule has 0 saturated heterocycles. The number of halogens is 1. The molecule has 0 bridgehead atoms. The quantitative estimate of drug-likeness (QED) is 0.315. The fourth-order valence-corrected chi connectivity index (χ4v) is 2.06. The number of aliphatic imine (C=N–C) groups is 1. The second-order valence-corrected chi connectivity index (χ2v) is 4.49. The van der Waals surface area contributed by atoms with Gasteiger partial charge in [-0.15, -0.1) is 5.10 Å². The Bertz CT molecular complexity index is 858. The van der Waals surface area contributed by atoms with Crippen molar-refractivity contribution in [1.82, 2.24) is 15.0 Å². The maximum absolute atomic E-state index is 10.7. The molecule has 0 saturated carbocycles. The van der Waals surface area contributed by atoms with Crippen molar-refractivity contribution in [3.8, 4) is 0 Å². The van der Waals surface area contributed by atoms with Crippen molar-refractivity contribution in [3.63, 3.8) is 0 Å². The minimum Gasteiger partial charge on any atom is -0.258 e. The van der Waals surface area contributed by atoms with Crippen LogP contribution in [0.4, 0.5) is 11.4 Å².